The lowest BCUT2D eigenvalue weighted by molar-refractivity contribution is -0.118. The van der Waals surface area contributed by atoms with Crippen molar-refractivity contribution in [1.82, 2.24) is 4.90 Å². The van der Waals surface area contributed by atoms with Crippen molar-refractivity contribution in [3.63, 3.8) is 0 Å². The molecule has 0 aromatic heterocycles. The Labute approximate surface area is 168 Å². The highest BCUT2D eigenvalue weighted by Crippen LogP contribution is 2.20. The van der Waals surface area contributed by atoms with E-state index in [9.17, 15) is 4.79 Å². The smallest absolute Gasteiger partial charge is 0.238 e. The molecule has 0 radical (unpaired) electrons. The third-order valence-corrected chi connectivity index (χ3v) is 5.10. The van der Waals surface area contributed by atoms with Crippen molar-refractivity contribution in [2.75, 3.05) is 31.6 Å². The highest BCUT2D eigenvalue weighted by atomic mass is 16.5. The van der Waals surface area contributed by atoms with Gasteiger partial charge >= 0.3 is 0 Å². The van der Waals surface area contributed by atoms with Crippen molar-refractivity contribution >= 4 is 11.6 Å². The van der Waals surface area contributed by atoms with Gasteiger partial charge in [0.05, 0.1) is 12.6 Å². The first-order valence-corrected chi connectivity index (χ1v) is 10.4. The summed E-state index contributed by atoms with van der Waals surface area (Å²) in [7, 11) is 0. The third kappa shape index (κ3) is 6.47. The first-order valence-electron chi connectivity index (χ1n) is 10.4. The van der Waals surface area contributed by atoms with Crippen LogP contribution in [-0.2, 0) is 16.0 Å². The summed E-state index contributed by atoms with van der Waals surface area (Å²) in [6.07, 6.45) is 3.17. The molecule has 1 saturated heterocycles. The molecule has 2 aromatic rings. The van der Waals surface area contributed by atoms with Gasteiger partial charge in [-0.1, -0.05) is 62.4 Å². The Bertz CT molecular complexity index is 737. The van der Waals surface area contributed by atoms with Crippen LogP contribution in [0.3, 0.4) is 0 Å². The van der Waals surface area contributed by atoms with Crippen LogP contribution >= 0.6 is 0 Å². The van der Waals surface area contributed by atoms with Gasteiger partial charge in [0.2, 0.25) is 5.91 Å². The molecular formula is C24H32N2O2. The molecule has 1 fully saturated rings. The average Bonchev–Trinajstić information content (AvgIpc) is 2.70. The van der Waals surface area contributed by atoms with E-state index in [2.05, 4.69) is 42.3 Å². The third-order valence-electron chi connectivity index (χ3n) is 5.10. The van der Waals surface area contributed by atoms with Gasteiger partial charge in [0.15, 0.2) is 0 Å². The quantitative estimate of drug-likeness (QED) is 0.740. The van der Waals surface area contributed by atoms with E-state index in [1.807, 2.05) is 36.4 Å². The Morgan fingerprint density at radius 3 is 2.46 bits per heavy atom. The van der Waals surface area contributed by atoms with E-state index >= 15 is 0 Å². The number of nitrogens with one attached hydrogen (secondary N) is 1. The van der Waals surface area contributed by atoms with E-state index < -0.39 is 0 Å². The monoisotopic (exact) mass is 380 g/mol. The van der Waals surface area contributed by atoms with Gasteiger partial charge in [0, 0.05) is 25.4 Å². The number of ether oxygens (including phenoxy) is 1. The number of carbonyl (C=O) groups is 1. The van der Waals surface area contributed by atoms with Gasteiger partial charge in [-0.2, -0.15) is 0 Å². The summed E-state index contributed by atoms with van der Waals surface area (Å²) in [4.78, 5) is 14.8. The highest BCUT2D eigenvalue weighted by Gasteiger charge is 2.21. The van der Waals surface area contributed by atoms with Crippen LogP contribution in [0.25, 0.3) is 0 Å². The highest BCUT2D eigenvalue weighted by molar-refractivity contribution is 5.93. The van der Waals surface area contributed by atoms with Gasteiger partial charge in [0.25, 0.3) is 0 Å². The summed E-state index contributed by atoms with van der Waals surface area (Å²) in [6, 6.07) is 18.4. The summed E-state index contributed by atoms with van der Waals surface area (Å²) >= 11 is 0. The minimum atomic E-state index is 0.0575. The Hall–Kier alpha value is -2.17. The molecule has 3 rings (SSSR count). The molecule has 0 aliphatic carbocycles. The van der Waals surface area contributed by atoms with Crippen molar-refractivity contribution in [1.29, 1.82) is 0 Å². The predicted molar refractivity (Wildman–Crippen MR) is 115 cm³/mol. The number of likely N-dealkylation sites (tertiary alicyclic amines) is 1. The van der Waals surface area contributed by atoms with E-state index in [1.54, 1.807) is 0 Å². The number of nitrogens with zero attached hydrogens (tertiary/aromatic N) is 1. The lowest BCUT2D eigenvalue weighted by Gasteiger charge is -2.31. The maximum Gasteiger partial charge on any atom is 0.238 e. The molecule has 1 N–H and O–H groups in total. The Morgan fingerprint density at radius 1 is 1.07 bits per heavy atom. The number of piperidine rings is 1. The molecule has 0 spiro atoms. The second-order valence-corrected chi connectivity index (χ2v) is 8.07. The molecule has 1 amide bonds. The van der Waals surface area contributed by atoms with Gasteiger partial charge in [-0.05, 0) is 42.4 Å². The Morgan fingerprint density at radius 2 is 1.75 bits per heavy atom. The first kappa shape index (κ1) is 20.6. The second-order valence-electron chi connectivity index (χ2n) is 8.07. The first-order chi connectivity index (χ1) is 13.6. The minimum absolute atomic E-state index is 0.0575. The lowest BCUT2D eigenvalue weighted by atomic mass is 10.0. The number of rotatable bonds is 8. The number of amides is 1. The molecule has 0 saturated carbocycles. The second kappa shape index (κ2) is 10.4. The van der Waals surface area contributed by atoms with Crippen LogP contribution in [0.2, 0.25) is 0 Å². The molecule has 0 unspecified atom stereocenters. The van der Waals surface area contributed by atoms with Crippen LogP contribution in [0.5, 0.6) is 0 Å². The largest absolute Gasteiger partial charge is 0.378 e. The maximum absolute atomic E-state index is 12.6. The number of hydrogen-bond donors (Lipinski definition) is 1. The van der Waals surface area contributed by atoms with Crippen molar-refractivity contribution < 1.29 is 9.53 Å². The van der Waals surface area contributed by atoms with Crippen LogP contribution in [0.1, 0.15) is 37.8 Å². The molecule has 0 bridgehead atoms. The maximum atomic E-state index is 12.6. The van der Waals surface area contributed by atoms with Crippen molar-refractivity contribution in [2.45, 2.75) is 39.2 Å². The van der Waals surface area contributed by atoms with Gasteiger partial charge in [-0.3, -0.25) is 9.69 Å². The fourth-order valence-corrected chi connectivity index (χ4v) is 3.57. The van der Waals surface area contributed by atoms with Crippen LogP contribution in [-0.4, -0.2) is 43.2 Å². The summed E-state index contributed by atoms with van der Waals surface area (Å²) in [5.74, 6) is 0.627. The van der Waals surface area contributed by atoms with Crippen molar-refractivity contribution in [3.05, 3.63) is 65.7 Å². The SMILES string of the molecule is CC(C)COC1CCN(CC(=O)Nc2ccccc2Cc2ccccc2)CC1. The zero-order valence-electron chi connectivity index (χ0n) is 17.1. The van der Waals surface area contributed by atoms with Gasteiger partial charge < -0.3 is 10.1 Å². The normalized spacial score (nSPS) is 15.7. The Balaban J connectivity index is 1.49. The Kier molecular flexibility index (Phi) is 7.63. The fourth-order valence-electron chi connectivity index (χ4n) is 3.57. The van der Waals surface area contributed by atoms with E-state index in [1.165, 1.54) is 5.56 Å². The average molecular weight is 381 g/mol. The number of anilines is 1. The van der Waals surface area contributed by atoms with E-state index in [0.717, 1.165) is 50.2 Å². The molecule has 1 aliphatic heterocycles. The van der Waals surface area contributed by atoms with Crippen LogP contribution in [0.4, 0.5) is 5.69 Å². The summed E-state index contributed by atoms with van der Waals surface area (Å²) in [6.45, 7) is 7.45. The van der Waals surface area contributed by atoms with Crippen LogP contribution in [0, 0.1) is 5.92 Å². The summed E-state index contributed by atoms with van der Waals surface area (Å²) in [5.41, 5.74) is 3.29. The van der Waals surface area contributed by atoms with E-state index in [4.69, 9.17) is 4.74 Å². The minimum Gasteiger partial charge on any atom is -0.378 e. The number of benzene rings is 2. The van der Waals surface area contributed by atoms with E-state index in [0.29, 0.717) is 18.6 Å². The molecular weight excluding hydrogens is 348 g/mol. The molecule has 4 heteroatoms. The topological polar surface area (TPSA) is 41.6 Å². The van der Waals surface area contributed by atoms with Crippen LogP contribution < -0.4 is 5.32 Å². The summed E-state index contributed by atoms with van der Waals surface area (Å²) in [5, 5.41) is 3.12. The van der Waals surface area contributed by atoms with Crippen molar-refractivity contribution in [3.8, 4) is 0 Å². The van der Waals surface area contributed by atoms with E-state index in [-0.39, 0.29) is 5.91 Å². The molecule has 4 nitrogen and oxygen atoms in total. The number of hydrogen-bond acceptors (Lipinski definition) is 3. The summed E-state index contributed by atoms with van der Waals surface area (Å²) < 4.78 is 5.94. The predicted octanol–water partition coefficient (Wildman–Crippen LogP) is 4.35. The van der Waals surface area contributed by atoms with Gasteiger partial charge in [-0.15, -0.1) is 0 Å². The molecule has 1 heterocycles. The molecule has 28 heavy (non-hydrogen) atoms. The zero-order valence-corrected chi connectivity index (χ0v) is 17.1. The molecule has 150 valence electrons. The van der Waals surface area contributed by atoms with Crippen molar-refractivity contribution in [2.24, 2.45) is 5.92 Å². The standard InChI is InChI=1S/C24H32N2O2/c1-19(2)18-28-22-12-14-26(15-13-22)17-24(27)25-23-11-7-6-10-21(23)16-20-8-4-3-5-9-20/h3-11,19,22H,12-18H2,1-2H3,(H,25,27). The van der Waals surface area contributed by atoms with Crippen LogP contribution in [0.15, 0.2) is 54.6 Å². The number of carbonyl (C=O) groups excluding carboxylic acids is 1. The molecule has 2 aromatic carbocycles. The molecule has 0 atom stereocenters. The fraction of sp³-hybridized carbons (Fsp3) is 0.458. The zero-order chi connectivity index (χ0) is 19.8. The van der Waals surface area contributed by atoms with Gasteiger partial charge in [-0.25, -0.2) is 0 Å². The lowest BCUT2D eigenvalue weighted by Crippen LogP contribution is -2.41. The number of para-hydroxylation sites is 1. The molecule has 1 aliphatic rings. The van der Waals surface area contributed by atoms with Gasteiger partial charge in [0.1, 0.15) is 0 Å².